The van der Waals surface area contributed by atoms with Crippen LogP contribution < -0.4 is 5.32 Å². The fourth-order valence-corrected chi connectivity index (χ4v) is 3.67. The van der Waals surface area contributed by atoms with Gasteiger partial charge in [-0.05, 0) is 59.5 Å². The molecule has 1 atom stereocenters. The summed E-state index contributed by atoms with van der Waals surface area (Å²) in [6, 6.07) is 10.6. The number of thioether (sulfide) groups is 1. The number of tetrazole rings is 1. The highest BCUT2D eigenvalue weighted by Gasteiger charge is 2.19. The Hall–Kier alpha value is -2.39. The number of carbonyl (C=O) groups excluding carboxylic acids is 1. The minimum atomic E-state index is -0.329. The van der Waals surface area contributed by atoms with Gasteiger partial charge in [0, 0.05) is 11.4 Å². The minimum absolute atomic E-state index is 0.0539. The fourth-order valence-electron chi connectivity index (χ4n) is 2.13. The van der Waals surface area contributed by atoms with Crippen LogP contribution in [-0.4, -0.2) is 43.0 Å². The van der Waals surface area contributed by atoms with E-state index in [1.165, 1.54) is 16.6 Å². The first-order chi connectivity index (χ1) is 12.1. The molecule has 1 aromatic carbocycles. The van der Waals surface area contributed by atoms with E-state index < -0.39 is 0 Å². The average Bonchev–Trinajstić information content (AvgIpc) is 3.27. The van der Waals surface area contributed by atoms with Crippen LogP contribution in [0.4, 0.5) is 0 Å². The number of aromatic hydroxyl groups is 1. The average molecular weight is 375 g/mol. The van der Waals surface area contributed by atoms with Crippen molar-refractivity contribution in [2.75, 3.05) is 6.54 Å². The van der Waals surface area contributed by atoms with Crippen molar-refractivity contribution < 1.29 is 9.90 Å². The zero-order valence-corrected chi connectivity index (χ0v) is 15.1. The molecule has 7 nitrogen and oxygen atoms in total. The van der Waals surface area contributed by atoms with Crippen molar-refractivity contribution in [3.63, 3.8) is 0 Å². The molecule has 0 bridgehead atoms. The fraction of sp³-hybridized carbons (Fsp3) is 0.250. The first-order valence-corrected chi connectivity index (χ1v) is 9.44. The van der Waals surface area contributed by atoms with Crippen molar-refractivity contribution in [2.45, 2.75) is 23.8 Å². The van der Waals surface area contributed by atoms with Gasteiger partial charge in [0.05, 0.1) is 10.9 Å². The highest BCUT2D eigenvalue weighted by molar-refractivity contribution is 8.00. The summed E-state index contributed by atoms with van der Waals surface area (Å²) in [7, 11) is 0. The molecule has 2 heterocycles. The smallest absolute Gasteiger partial charge is 0.233 e. The number of nitrogens with one attached hydrogen (secondary N) is 1. The maximum absolute atomic E-state index is 12.3. The molecule has 25 heavy (non-hydrogen) atoms. The third-order valence-corrected chi connectivity index (χ3v) is 5.41. The maximum atomic E-state index is 12.3. The lowest BCUT2D eigenvalue weighted by atomic mass is 10.3. The summed E-state index contributed by atoms with van der Waals surface area (Å²) < 4.78 is 1.54. The normalized spacial score (nSPS) is 12.0. The second kappa shape index (κ2) is 8.13. The SMILES string of the molecule is CC(Sc1nnnn1-c1ccc(O)cc1)C(=O)NCCc1cccs1. The molecule has 0 radical (unpaired) electrons. The van der Waals surface area contributed by atoms with E-state index in [0.29, 0.717) is 11.7 Å². The van der Waals surface area contributed by atoms with Crippen LogP contribution in [-0.2, 0) is 11.2 Å². The molecule has 130 valence electrons. The van der Waals surface area contributed by atoms with E-state index in [1.807, 2.05) is 18.4 Å². The molecule has 0 saturated heterocycles. The number of phenolic OH excluding ortho intramolecular Hbond substituents is 1. The number of phenols is 1. The first-order valence-electron chi connectivity index (χ1n) is 7.68. The predicted octanol–water partition coefficient (Wildman–Crippen LogP) is 2.27. The zero-order valence-electron chi connectivity index (χ0n) is 13.5. The molecule has 0 aliphatic rings. The Morgan fingerprint density at radius 1 is 1.36 bits per heavy atom. The van der Waals surface area contributed by atoms with Gasteiger partial charge in [0.25, 0.3) is 0 Å². The van der Waals surface area contributed by atoms with Gasteiger partial charge >= 0.3 is 0 Å². The van der Waals surface area contributed by atoms with Gasteiger partial charge in [0.15, 0.2) is 0 Å². The lowest BCUT2D eigenvalue weighted by Gasteiger charge is -2.11. The van der Waals surface area contributed by atoms with Gasteiger partial charge in [-0.1, -0.05) is 17.8 Å². The molecule has 2 N–H and O–H groups in total. The predicted molar refractivity (Wildman–Crippen MR) is 97.2 cm³/mol. The Balaban J connectivity index is 1.57. The van der Waals surface area contributed by atoms with Crippen LogP contribution in [0.25, 0.3) is 5.69 Å². The third kappa shape index (κ3) is 4.58. The molecular formula is C16H17N5O2S2. The van der Waals surface area contributed by atoms with Gasteiger partial charge in [-0.15, -0.1) is 16.4 Å². The van der Waals surface area contributed by atoms with E-state index in [1.54, 1.807) is 40.3 Å². The Morgan fingerprint density at radius 2 is 2.16 bits per heavy atom. The number of thiophene rings is 1. The lowest BCUT2D eigenvalue weighted by molar-refractivity contribution is -0.120. The van der Waals surface area contributed by atoms with Crippen LogP contribution in [0, 0.1) is 0 Å². The van der Waals surface area contributed by atoms with Crippen molar-refractivity contribution >= 4 is 29.0 Å². The monoisotopic (exact) mass is 375 g/mol. The van der Waals surface area contributed by atoms with Crippen LogP contribution in [0.2, 0.25) is 0 Å². The summed E-state index contributed by atoms with van der Waals surface area (Å²) in [6.45, 7) is 2.42. The highest BCUT2D eigenvalue weighted by atomic mass is 32.2. The van der Waals surface area contributed by atoms with E-state index in [4.69, 9.17) is 0 Å². The van der Waals surface area contributed by atoms with Gasteiger partial charge in [-0.2, -0.15) is 4.68 Å². The van der Waals surface area contributed by atoms with E-state index in [9.17, 15) is 9.90 Å². The van der Waals surface area contributed by atoms with Gasteiger partial charge in [-0.25, -0.2) is 0 Å². The number of amides is 1. The van der Waals surface area contributed by atoms with Crippen molar-refractivity contribution in [3.05, 3.63) is 46.7 Å². The van der Waals surface area contributed by atoms with Gasteiger partial charge in [0.1, 0.15) is 5.75 Å². The Bertz CT molecular complexity index is 817. The van der Waals surface area contributed by atoms with Gasteiger partial charge < -0.3 is 10.4 Å². The van der Waals surface area contributed by atoms with Crippen LogP contribution in [0.5, 0.6) is 5.75 Å². The lowest BCUT2D eigenvalue weighted by Crippen LogP contribution is -2.32. The summed E-state index contributed by atoms with van der Waals surface area (Å²) in [4.78, 5) is 13.5. The molecule has 0 saturated carbocycles. The molecule has 3 rings (SSSR count). The standard InChI is InChI=1S/C16H17N5O2S2/c1-11(15(23)17-9-8-14-3-2-10-24-14)25-16-18-19-20-21(16)12-4-6-13(22)7-5-12/h2-7,10-11,22H,8-9H2,1H3,(H,17,23). The second-order valence-electron chi connectivity index (χ2n) is 5.27. The number of benzene rings is 1. The largest absolute Gasteiger partial charge is 0.508 e. The molecule has 3 aromatic rings. The molecule has 0 aliphatic carbocycles. The summed E-state index contributed by atoms with van der Waals surface area (Å²) in [5.74, 6) is 0.117. The topological polar surface area (TPSA) is 92.9 Å². The summed E-state index contributed by atoms with van der Waals surface area (Å²) in [5, 5.41) is 26.1. The quantitative estimate of drug-likeness (QED) is 0.616. The zero-order chi connectivity index (χ0) is 17.6. The van der Waals surface area contributed by atoms with E-state index >= 15 is 0 Å². The van der Waals surface area contributed by atoms with Crippen LogP contribution in [0.3, 0.4) is 0 Å². The van der Waals surface area contributed by atoms with E-state index in [-0.39, 0.29) is 16.9 Å². The Labute approximate surface area is 153 Å². The summed E-state index contributed by atoms with van der Waals surface area (Å²) in [5.41, 5.74) is 0.718. The van der Waals surface area contributed by atoms with E-state index in [2.05, 4.69) is 26.9 Å². The Kier molecular flexibility index (Phi) is 5.67. The van der Waals surface area contributed by atoms with Gasteiger partial charge in [0.2, 0.25) is 11.1 Å². The van der Waals surface area contributed by atoms with Gasteiger partial charge in [-0.3, -0.25) is 4.79 Å². The van der Waals surface area contributed by atoms with Crippen molar-refractivity contribution in [2.24, 2.45) is 0 Å². The molecule has 1 unspecified atom stereocenters. The maximum Gasteiger partial charge on any atom is 0.233 e. The number of nitrogens with zero attached hydrogens (tertiary/aromatic N) is 4. The van der Waals surface area contributed by atoms with Crippen LogP contribution in [0.1, 0.15) is 11.8 Å². The number of rotatable bonds is 7. The summed E-state index contributed by atoms with van der Waals surface area (Å²) in [6.07, 6.45) is 0.825. The number of hydrogen-bond donors (Lipinski definition) is 2. The number of carbonyl (C=O) groups is 1. The second-order valence-corrected chi connectivity index (χ2v) is 7.61. The van der Waals surface area contributed by atoms with Crippen LogP contribution in [0.15, 0.2) is 46.9 Å². The van der Waals surface area contributed by atoms with E-state index in [0.717, 1.165) is 12.1 Å². The summed E-state index contributed by atoms with van der Waals surface area (Å²) >= 11 is 2.97. The first kappa shape index (κ1) is 17.4. The molecule has 1 amide bonds. The Morgan fingerprint density at radius 3 is 2.88 bits per heavy atom. The van der Waals surface area contributed by atoms with Crippen molar-refractivity contribution in [1.29, 1.82) is 0 Å². The molecule has 2 aromatic heterocycles. The number of aromatic nitrogens is 4. The molecular weight excluding hydrogens is 358 g/mol. The minimum Gasteiger partial charge on any atom is -0.508 e. The van der Waals surface area contributed by atoms with Crippen molar-refractivity contribution in [1.82, 2.24) is 25.5 Å². The molecule has 0 spiro atoms. The third-order valence-electron chi connectivity index (χ3n) is 3.44. The van der Waals surface area contributed by atoms with Crippen LogP contribution >= 0.6 is 23.1 Å². The molecule has 9 heteroatoms. The molecule has 0 fully saturated rings. The highest BCUT2D eigenvalue weighted by Crippen LogP contribution is 2.23. The molecule has 0 aliphatic heterocycles. The van der Waals surface area contributed by atoms with Crippen molar-refractivity contribution in [3.8, 4) is 11.4 Å². The number of hydrogen-bond acceptors (Lipinski definition) is 7.